The highest BCUT2D eigenvalue weighted by Crippen LogP contribution is 2.29. The van der Waals surface area contributed by atoms with E-state index in [1.165, 1.54) is 22.5 Å². The maximum atomic E-state index is 13.1. The highest BCUT2D eigenvalue weighted by Gasteiger charge is 2.28. The van der Waals surface area contributed by atoms with E-state index < -0.39 is 16.0 Å². The van der Waals surface area contributed by atoms with Gasteiger partial charge in [-0.25, -0.2) is 13.2 Å². The van der Waals surface area contributed by atoms with E-state index in [9.17, 15) is 23.4 Å². The van der Waals surface area contributed by atoms with E-state index in [0.29, 0.717) is 42.9 Å². The number of nitrogens with zero attached hydrogens (tertiary/aromatic N) is 2. The van der Waals surface area contributed by atoms with E-state index in [1.54, 1.807) is 24.3 Å². The fourth-order valence-corrected chi connectivity index (χ4v) is 4.64. The number of hydrogen-bond donors (Lipinski definition) is 2. The predicted molar refractivity (Wildman–Crippen MR) is 101 cm³/mol. The molecule has 2 aromatic carbocycles. The lowest BCUT2D eigenvalue weighted by atomic mass is 9.98. The van der Waals surface area contributed by atoms with E-state index in [0.717, 1.165) is 0 Å². The molecule has 1 heterocycles. The van der Waals surface area contributed by atoms with Gasteiger partial charge in [-0.2, -0.15) is 4.31 Å². The number of aliphatic hydroxyl groups excluding tert-OH is 1. The Bertz CT molecular complexity index is 950. The second kappa shape index (κ2) is 7.77. The van der Waals surface area contributed by atoms with Gasteiger partial charge in [0.1, 0.15) is 0 Å². The molecule has 0 aromatic heterocycles. The summed E-state index contributed by atoms with van der Waals surface area (Å²) >= 11 is 0. The van der Waals surface area contributed by atoms with E-state index in [4.69, 9.17) is 0 Å². The zero-order valence-corrected chi connectivity index (χ0v) is 15.8. The molecule has 1 aliphatic rings. The Balaban J connectivity index is 2.11. The minimum Gasteiger partial charge on any atom is -0.478 e. The maximum Gasteiger partial charge on any atom is 0.335 e. The van der Waals surface area contributed by atoms with Crippen molar-refractivity contribution in [3.8, 4) is 11.1 Å². The Hall–Kier alpha value is -2.26. The van der Waals surface area contributed by atoms with Gasteiger partial charge in [-0.1, -0.05) is 24.3 Å². The second-order valence-electron chi connectivity index (χ2n) is 6.57. The van der Waals surface area contributed by atoms with Crippen LogP contribution in [0.5, 0.6) is 0 Å². The number of benzene rings is 2. The molecule has 1 saturated heterocycles. The molecule has 1 fully saturated rings. The molecule has 0 spiro atoms. The number of carbonyl (C=O) groups is 1. The van der Waals surface area contributed by atoms with Gasteiger partial charge in [0.05, 0.1) is 17.1 Å². The third kappa shape index (κ3) is 4.03. The highest BCUT2D eigenvalue weighted by molar-refractivity contribution is 7.89. The first kappa shape index (κ1) is 19.5. The SMILES string of the molecule is CN1CCN(S(=O)(=O)c2cc(C(=O)O)cc(-c3ccccc3CO)c2)CC1. The number of likely N-dealkylation sites (N-methyl/N-ethyl adjacent to an activating group) is 1. The van der Waals surface area contributed by atoms with Crippen molar-refractivity contribution < 1.29 is 23.4 Å². The van der Waals surface area contributed by atoms with Gasteiger partial charge in [0.15, 0.2) is 0 Å². The van der Waals surface area contributed by atoms with Crippen molar-refractivity contribution in [2.24, 2.45) is 0 Å². The fourth-order valence-electron chi connectivity index (χ4n) is 3.14. The molecule has 0 amide bonds. The third-order valence-electron chi connectivity index (χ3n) is 4.75. The van der Waals surface area contributed by atoms with Gasteiger partial charge in [0, 0.05) is 26.2 Å². The van der Waals surface area contributed by atoms with Crippen LogP contribution in [0.25, 0.3) is 11.1 Å². The van der Waals surface area contributed by atoms with Crippen LogP contribution in [-0.2, 0) is 16.6 Å². The number of carboxylic acid groups (broad SMARTS) is 1. The van der Waals surface area contributed by atoms with Crippen molar-refractivity contribution in [1.82, 2.24) is 9.21 Å². The van der Waals surface area contributed by atoms with Crippen LogP contribution in [0.2, 0.25) is 0 Å². The average molecular weight is 390 g/mol. The zero-order chi connectivity index (χ0) is 19.6. The van der Waals surface area contributed by atoms with Crippen LogP contribution in [0.4, 0.5) is 0 Å². The standard InChI is InChI=1S/C19H22N2O5S/c1-20-6-8-21(9-7-20)27(25,26)17-11-15(10-16(12-17)19(23)24)18-5-3-2-4-14(18)13-22/h2-5,10-12,22H,6-9,13H2,1H3,(H,23,24). The first-order chi connectivity index (χ1) is 12.8. The van der Waals surface area contributed by atoms with Gasteiger partial charge in [0.2, 0.25) is 10.0 Å². The van der Waals surface area contributed by atoms with E-state index in [1.807, 2.05) is 11.9 Å². The summed E-state index contributed by atoms with van der Waals surface area (Å²) in [5.41, 5.74) is 1.56. The first-order valence-electron chi connectivity index (χ1n) is 8.59. The monoisotopic (exact) mass is 390 g/mol. The average Bonchev–Trinajstić information content (AvgIpc) is 2.67. The van der Waals surface area contributed by atoms with Crippen molar-refractivity contribution >= 4 is 16.0 Å². The summed E-state index contributed by atoms with van der Waals surface area (Å²) in [5, 5.41) is 19.0. The van der Waals surface area contributed by atoms with Gasteiger partial charge in [-0.3, -0.25) is 0 Å². The number of rotatable bonds is 5. The van der Waals surface area contributed by atoms with Crippen LogP contribution in [0.1, 0.15) is 15.9 Å². The smallest absolute Gasteiger partial charge is 0.335 e. The summed E-state index contributed by atoms with van der Waals surface area (Å²) < 4.78 is 27.5. The van der Waals surface area contributed by atoms with Gasteiger partial charge >= 0.3 is 5.97 Å². The van der Waals surface area contributed by atoms with Crippen LogP contribution >= 0.6 is 0 Å². The van der Waals surface area contributed by atoms with Gasteiger partial charge in [0.25, 0.3) is 0 Å². The minimum absolute atomic E-state index is 0.0466. The van der Waals surface area contributed by atoms with Crippen molar-refractivity contribution in [1.29, 1.82) is 0 Å². The van der Waals surface area contributed by atoms with Crippen molar-refractivity contribution in [2.45, 2.75) is 11.5 Å². The van der Waals surface area contributed by atoms with Crippen LogP contribution in [0.15, 0.2) is 47.4 Å². The number of sulfonamides is 1. The minimum atomic E-state index is -3.81. The summed E-state index contributed by atoms with van der Waals surface area (Å²) in [6.45, 7) is 1.74. The molecule has 0 unspecified atom stereocenters. The molecule has 1 aliphatic heterocycles. The zero-order valence-electron chi connectivity index (χ0n) is 15.0. The van der Waals surface area contributed by atoms with Gasteiger partial charge in [-0.15, -0.1) is 0 Å². The number of aromatic carboxylic acids is 1. The van der Waals surface area contributed by atoms with E-state index in [2.05, 4.69) is 0 Å². The second-order valence-corrected chi connectivity index (χ2v) is 8.51. The Morgan fingerprint density at radius 2 is 1.74 bits per heavy atom. The molecule has 0 bridgehead atoms. The molecule has 8 heteroatoms. The molecular formula is C19H22N2O5S. The molecule has 2 aromatic rings. The Kier molecular flexibility index (Phi) is 5.61. The molecule has 144 valence electrons. The molecule has 0 saturated carbocycles. The third-order valence-corrected chi connectivity index (χ3v) is 6.63. The normalized spacial score (nSPS) is 16.4. The number of aliphatic hydroxyl groups is 1. The van der Waals surface area contributed by atoms with Crippen molar-refractivity contribution in [3.05, 3.63) is 53.6 Å². The van der Waals surface area contributed by atoms with E-state index in [-0.39, 0.29) is 17.1 Å². The first-order valence-corrected chi connectivity index (χ1v) is 10.0. The molecule has 0 radical (unpaired) electrons. The topological polar surface area (TPSA) is 98.2 Å². The van der Waals surface area contributed by atoms with Crippen LogP contribution in [0, 0.1) is 0 Å². The van der Waals surface area contributed by atoms with Crippen molar-refractivity contribution in [3.63, 3.8) is 0 Å². The summed E-state index contributed by atoms with van der Waals surface area (Å²) in [5.74, 6) is -1.20. The fraction of sp³-hybridized carbons (Fsp3) is 0.316. The Morgan fingerprint density at radius 3 is 2.37 bits per heavy atom. The quantitative estimate of drug-likeness (QED) is 0.803. The predicted octanol–water partition coefficient (Wildman–Crippen LogP) is 1.48. The molecule has 7 nitrogen and oxygen atoms in total. The summed E-state index contributed by atoms with van der Waals surface area (Å²) in [4.78, 5) is 13.6. The summed E-state index contributed by atoms with van der Waals surface area (Å²) in [6.07, 6.45) is 0. The molecular weight excluding hydrogens is 368 g/mol. The van der Waals surface area contributed by atoms with E-state index >= 15 is 0 Å². The van der Waals surface area contributed by atoms with Crippen LogP contribution in [-0.4, -0.2) is 67.0 Å². The molecule has 27 heavy (non-hydrogen) atoms. The summed E-state index contributed by atoms with van der Waals surface area (Å²) in [7, 11) is -1.88. The lowest BCUT2D eigenvalue weighted by Gasteiger charge is -2.31. The van der Waals surface area contributed by atoms with Crippen LogP contribution < -0.4 is 0 Å². The van der Waals surface area contributed by atoms with Crippen molar-refractivity contribution in [2.75, 3.05) is 33.2 Å². The molecule has 3 rings (SSSR count). The Labute approximate surface area is 158 Å². The Morgan fingerprint density at radius 1 is 1.07 bits per heavy atom. The molecule has 2 N–H and O–H groups in total. The van der Waals surface area contributed by atoms with Gasteiger partial charge < -0.3 is 15.1 Å². The number of hydrogen-bond acceptors (Lipinski definition) is 5. The molecule has 0 atom stereocenters. The highest BCUT2D eigenvalue weighted by atomic mass is 32.2. The largest absolute Gasteiger partial charge is 0.478 e. The van der Waals surface area contributed by atoms with Crippen LogP contribution in [0.3, 0.4) is 0 Å². The maximum absolute atomic E-state index is 13.1. The number of carboxylic acids is 1. The lowest BCUT2D eigenvalue weighted by Crippen LogP contribution is -2.47. The summed E-state index contributed by atoms with van der Waals surface area (Å²) in [6, 6.07) is 11.1. The number of piperazine rings is 1. The molecule has 0 aliphatic carbocycles. The lowest BCUT2D eigenvalue weighted by molar-refractivity contribution is 0.0696. The van der Waals surface area contributed by atoms with Gasteiger partial charge in [-0.05, 0) is 41.9 Å².